The molecule has 0 saturated heterocycles. The van der Waals surface area contributed by atoms with Gasteiger partial charge >= 0.3 is 0 Å². The topological polar surface area (TPSA) is 51.0 Å². The van der Waals surface area contributed by atoms with E-state index in [0.717, 1.165) is 17.4 Å². The Bertz CT molecular complexity index is 608. The van der Waals surface area contributed by atoms with Gasteiger partial charge in [0.2, 0.25) is 12.3 Å². The van der Waals surface area contributed by atoms with E-state index in [1.165, 1.54) is 43.3 Å². The van der Waals surface area contributed by atoms with Crippen molar-refractivity contribution in [3.8, 4) is 11.5 Å². The summed E-state index contributed by atoms with van der Waals surface area (Å²) in [6.07, 6.45) is 6.95. The fraction of sp³-hybridized carbons (Fsp3) is 0.500. The monoisotopic (exact) mass is 269 g/mol. The highest BCUT2D eigenvalue weighted by Crippen LogP contribution is 2.45. The normalized spacial score (nSPS) is 27.9. The smallest absolute Gasteiger partial charge is 0.247 e. The number of anilines is 1. The molecule has 2 aliphatic carbocycles. The molecule has 2 aliphatic rings. The predicted octanol–water partition coefficient (Wildman–Crippen LogP) is 3.65. The molecule has 3 unspecified atom stereocenters. The highest BCUT2D eigenvalue weighted by molar-refractivity contribution is 5.64. The molecule has 2 bridgehead atoms. The van der Waals surface area contributed by atoms with Crippen molar-refractivity contribution in [2.24, 2.45) is 11.8 Å². The van der Waals surface area contributed by atoms with Crippen LogP contribution in [0.15, 0.2) is 29.0 Å². The summed E-state index contributed by atoms with van der Waals surface area (Å²) in [7, 11) is 0. The number of fused-ring (bicyclic) bond motifs is 2. The Balaban J connectivity index is 1.59. The van der Waals surface area contributed by atoms with Crippen LogP contribution in [-0.2, 0) is 0 Å². The van der Waals surface area contributed by atoms with E-state index in [2.05, 4.69) is 34.6 Å². The molecule has 4 rings (SSSR count). The Morgan fingerprint density at radius 2 is 2.20 bits per heavy atom. The van der Waals surface area contributed by atoms with Crippen molar-refractivity contribution >= 4 is 5.69 Å². The van der Waals surface area contributed by atoms with E-state index in [4.69, 9.17) is 4.42 Å². The maximum absolute atomic E-state index is 5.28. The lowest BCUT2D eigenvalue weighted by Crippen LogP contribution is -2.26. The second kappa shape index (κ2) is 4.62. The second-order valence-corrected chi connectivity index (χ2v) is 6.20. The fourth-order valence-electron chi connectivity index (χ4n) is 3.83. The van der Waals surface area contributed by atoms with E-state index in [-0.39, 0.29) is 0 Å². The first-order chi connectivity index (χ1) is 9.79. The number of rotatable bonds is 3. The summed E-state index contributed by atoms with van der Waals surface area (Å²) in [4.78, 5) is 0. The van der Waals surface area contributed by atoms with Gasteiger partial charge in [0.05, 0.1) is 0 Å². The van der Waals surface area contributed by atoms with E-state index in [1.807, 2.05) is 6.07 Å². The van der Waals surface area contributed by atoms with Crippen molar-refractivity contribution in [1.29, 1.82) is 0 Å². The first-order valence-electron chi connectivity index (χ1n) is 7.43. The van der Waals surface area contributed by atoms with Crippen molar-refractivity contribution in [3.63, 3.8) is 0 Å². The van der Waals surface area contributed by atoms with Gasteiger partial charge in [-0.3, -0.25) is 0 Å². The van der Waals surface area contributed by atoms with Crippen LogP contribution in [0.1, 0.15) is 31.2 Å². The summed E-state index contributed by atoms with van der Waals surface area (Å²) < 4.78 is 5.28. The minimum Gasteiger partial charge on any atom is -0.423 e. The molecular weight excluding hydrogens is 250 g/mol. The van der Waals surface area contributed by atoms with Crippen LogP contribution >= 0.6 is 0 Å². The van der Waals surface area contributed by atoms with Crippen molar-refractivity contribution in [2.75, 3.05) is 5.32 Å². The number of aryl methyl sites for hydroxylation is 1. The average Bonchev–Trinajstić information content (AvgIpc) is 3.17. The number of benzene rings is 1. The van der Waals surface area contributed by atoms with Gasteiger partial charge in [0.25, 0.3) is 0 Å². The van der Waals surface area contributed by atoms with E-state index in [9.17, 15) is 0 Å². The lowest BCUT2D eigenvalue weighted by Gasteiger charge is -2.25. The van der Waals surface area contributed by atoms with Crippen LogP contribution in [0.3, 0.4) is 0 Å². The van der Waals surface area contributed by atoms with E-state index < -0.39 is 0 Å². The number of hydrogen-bond acceptors (Lipinski definition) is 4. The first-order valence-corrected chi connectivity index (χ1v) is 7.43. The molecule has 1 heterocycles. The van der Waals surface area contributed by atoms with Crippen molar-refractivity contribution in [3.05, 3.63) is 30.2 Å². The van der Waals surface area contributed by atoms with Crippen molar-refractivity contribution in [1.82, 2.24) is 10.2 Å². The SMILES string of the molecule is Cc1ccc(-c2nnco2)cc1NC1CC2CCC1C2. The van der Waals surface area contributed by atoms with Gasteiger partial charge in [0, 0.05) is 17.3 Å². The molecular formula is C16H19N3O. The Morgan fingerprint density at radius 3 is 2.90 bits per heavy atom. The molecule has 2 fully saturated rings. The van der Waals surface area contributed by atoms with Gasteiger partial charge in [-0.05, 0) is 55.7 Å². The van der Waals surface area contributed by atoms with Crippen LogP contribution in [-0.4, -0.2) is 16.2 Å². The highest BCUT2D eigenvalue weighted by Gasteiger charge is 2.39. The zero-order chi connectivity index (χ0) is 13.5. The molecule has 1 aromatic carbocycles. The van der Waals surface area contributed by atoms with Gasteiger partial charge in [-0.25, -0.2) is 0 Å². The third kappa shape index (κ3) is 1.99. The van der Waals surface area contributed by atoms with Crippen LogP contribution in [0.25, 0.3) is 11.5 Å². The van der Waals surface area contributed by atoms with Crippen molar-refractivity contribution in [2.45, 2.75) is 38.6 Å². The molecule has 104 valence electrons. The molecule has 0 amide bonds. The molecule has 4 nitrogen and oxygen atoms in total. The number of nitrogens with zero attached hydrogens (tertiary/aromatic N) is 2. The van der Waals surface area contributed by atoms with Crippen LogP contribution in [0.5, 0.6) is 0 Å². The summed E-state index contributed by atoms with van der Waals surface area (Å²) in [5.41, 5.74) is 3.47. The Labute approximate surface area is 118 Å². The molecule has 0 radical (unpaired) electrons. The van der Waals surface area contributed by atoms with Gasteiger partial charge in [-0.2, -0.15) is 0 Å². The summed E-state index contributed by atoms with van der Waals surface area (Å²) in [5.74, 6) is 2.41. The number of aromatic nitrogens is 2. The zero-order valence-corrected chi connectivity index (χ0v) is 11.7. The van der Waals surface area contributed by atoms with Gasteiger partial charge < -0.3 is 9.73 Å². The Morgan fingerprint density at radius 1 is 1.25 bits per heavy atom. The van der Waals surface area contributed by atoms with Crippen LogP contribution in [0.2, 0.25) is 0 Å². The summed E-state index contributed by atoms with van der Waals surface area (Å²) >= 11 is 0. The minimum atomic E-state index is 0.584. The Hall–Kier alpha value is -1.84. The van der Waals surface area contributed by atoms with Gasteiger partial charge in [0.15, 0.2) is 0 Å². The molecule has 20 heavy (non-hydrogen) atoms. The zero-order valence-electron chi connectivity index (χ0n) is 11.7. The third-order valence-corrected chi connectivity index (χ3v) is 4.92. The van der Waals surface area contributed by atoms with E-state index in [1.54, 1.807) is 0 Å². The van der Waals surface area contributed by atoms with Crippen LogP contribution in [0.4, 0.5) is 5.69 Å². The van der Waals surface area contributed by atoms with Crippen molar-refractivity contribution < 1.29 is 4.42 Å². The number of nitrogens with one attached hydrogen (secondary N) is 1. The lowest BCUT2D eigenvalue weighted by molar-refractivity contribution is 0.439. The maximum atomic E-state index is 5.28. The molecule has 2 aromatic rings. The molecule has 3 atom stereocenters. The molecule has 0 aliphatic heterocycles. The highest BCUT2D eigenvalue weighted by atomic mass is 16.4. The largest absolute Gasteiger partial charge is 0.423 e. The molecule has 2 saturated carbocycles. The lowest BCUT2D eigenvalue weighted by atomic mass is 9.94. The van der Waals surface area contributed by atoms with Crippen LogP contribution in [0, 0.1) is 18.8 Å². The summed E-state index contributed by atoms with van der Waals surface area (Å²) in [6, 6.07) is 6.93. The van der Waals surface area contributed by atoms with Gasteiger partial charge in [0.1, 0.15) is 0 Å². The van der Waals surface area contributed by atoms with E-state index in [0.29, 0.717) is 11.9 Å². The maximum Gasteiger partial charge on any atom is 0.247 e. The molecule has 0 spiro atoms. The first kappa shape index (κ1) is 11.9. The standard InChI is InChI=1S/C16H19N3O/c1-10-2-4-13(16-19-17-9-20-16)8-14(10)18-15-7-11-3-5-12(15)6-11/h2,4,8-9,11-12,15,18H,3,5-7H2,1H3. The average molecular weight is 269 g/mol. The fourth-order valence-corrected chi connectivity index (χ4v) is 3.83. The molecule has 1 aromatic heterocycles. The van der Waals surface area contributed by atoms with Gasteiger partial charge in [-0.15, -0.1) is 10.2 Å². The number of hydrogen-bond donors (Lipinski definition) is 1. The molecule has 1 N–H and O–H groups in total. The quantitative estimate of drug-likeness (QED) is 0.924. The predicted molar refractivity (Wildman–Crippen MR) is 77.3 cm³/mol. The second-order valence-electron chi connectivity index (χ2n) is 6.20. The van der Waals surface area contributed by atoms with Crippen LogP contribution < -0.4 is 5.32 Å². The Kier molecular flexibility index (Phi) is 2.76. The minimum absolute atomic E-state index is 0.584. The van der Waals surface area contributed by atoms with E-state index >= 15 is 0 Å². The summed E-state index contributed by atoms with van der Waals surface area (Å²) in [6.45, 7) is 2.15. The molecule has 4 heteroatoms. The summed E-state index contributed by atoms with van der Waals surface area (Å²) in [5, 5.41) is 11.5. The third-order valence-electron chi connectivity index (χ3n) is 4.92. The van der Waals surface area contributed by atoms with Gasteiger partial charge in [-0.1, -0.05) is 12.5 Å².